The zero-order chi connectivity index (χ0) is 21.5. The molecule has 3 aliphatic rings. The van der Waals surface area contributed by atoms with Crippen molar-refractivity contribution in [3.63, 3.8) is 0 Å². The molecule has 29 heavy (non-hydrogen) atoms. The van der Waals surface area contributed by atoms with Gasteiger partial charge in [-0.2, -0.15) is 0 Å². The van der Waals surface area contributed by atoms with Gasteiger partial charge in [0.05, 0.1) is 24.6 Å². The van der Waals surface area contributed by atoms with Crippen LogP contribution in [0.5, 0.6) is 0 Å². The second kappa shape index (κ2) is 7.99. The minimum Gasteiger partial charge on any atom is -0.477 e. The summed E-state index contributed by atoms with van der Waals surface area (Å²) in [6.07, 6.45) is -0.103. The van der Waals surface area contributed by atoms with Crippen molar-refractivity contribution in [1.82, 2.24) is 20.4 Å². The summed E-state index contributed by atoms with van der Waals surface area (Å²) in [4.78, 5) is 39.5. The number of fused-ring (bicyclic) bond motifs is 1. The highest BCUT2D eigenvalue weighted by Gasteiger charge is 2.59. The van der Waals surface area contributed by atoms with Gasteiger partial charge in [-0.3, -0.25) is 19.9 Å². The molecule has 0 aromatic heterocycles. The van der Waals surface area contributed by atoms with Gasteiger partial charge in [0.15, 0.2) is 5.96 Å². The predicted octanol–water partition coefficient (Wildman–Crippen LogP) is -2.14. The molecule has 0 spiro atoms. The fourth-order valence-electron chi connectivity index (χ4n) is 4.64. The molecular formula is C18H28N6O5. The molecule has 0 radical (unpaired) electrons. The molecule has 3 aliphatic heterocycles. The molecule has 11 nitrogen and oxygen atoms in total. The molecule has 3 heterocycles. The number of aliphatic hydroxyl groups excluding tert-OH is 1. The van der Waals surface area contributed by atoms with E-state index >= 15 is 0 Å². The zero-order valence-corrected chi connectivity index (χ0v) is 16.5. The maximum absolute atomic E-state index is 12.4. The number of carboxylic acid groups (broad SMARTS) is 1. The number of hydrogen-bond acceptors (Lipinski definition) is 6. The molecule has 0 bridgehead atoms. The van der Waals surface area contributed by atoms with Gasteiger partial charge in [-0.1, -0.05) is 6.92 Å². The van der Waals surface area contributed by atoms with E-state index in [1.165, 1.54) is 4.90 Å². The average molecular weight is 408 g/mol. The molecule has 2 amide bonds. The quantitative estimate of drug-likeness (QED) is 0.157. The lowest BCUT2D eigenvalue weighted by atomic mass is 9.77. The van der Waals surface area contributed by atoms with Crippen LogP contribution in [0.15, 0.2) is 11.3 Å². The molecule has 3 rings (SSSR count). The maximum Gasteiger partial charge on any atom is 0.352 e. The third-order valence-electron chi connectivity index (χ3n) is 5.99. The van der Waals surface area contributed by atoms with Crippen LogP contribution >= 0.6 is 0 Å². The number of carbonyl (C=O) groups excluding carboxylic acids is 2. The van der Waals surface area contributed by atoms with E-state index in [0.717, 1.165) is 6.42 Å². The predicted molar refractivity (Wildman–Crippen MR) is 103 cm³/mol. The van der Waals surface area contributed by atoms with Crippen molar-refractivity contribution < 1.29 is 24.6 Å². The number of nitrogens with zero attached hydrogens (tertiary/aromatic N) is 2. The molecular weight excluding hydrogens is 380 g/mol. The molecule has 0 aromatic rings. The van der Waals surface area contributed by atoms with Crippen molar-refractivity contribution in [3.05, 3.63) is 11.3 Å². The molecule has 0 saturated carbocycles. The number of likely N-dealkylation sites (tertiary alicyclic amines) is 1. The van der Waals surface area contributed by atoms with Gasteiger partial charge in [0.25, 0.3) is 0 Å². The standard InChI is InChI=1S/C18H28N6O5/c1-8-11(15(17(28)29)24-14(8)13(9(2)25)16(24)27)7-23-4-3-10(6-23)22-12(26)5-21-18(19)20/h8-10,13-14,25H,3-7H2,1-2H3,(H,22,26)(H,28,29)(H4,19,20,21)/t8-,9+,10-,13?,14?/m0/s1. The van der Waals surface area contributed by atoms with Gasteiger partial charge in [0.2, 0.25) is 11.8 Å². The van der Waals surface area contributed by atoms with E-state index in [0.29, 0.717) is 25.2 Å². The Balaban J connectivity index is 1.64. The van der Waals surface area contributed by atoms with Gasteiger partial charge in [0, 0.05) is 31.6 Å². The lowest BCUT2D eigenvalue weighted by molar-refractivity contribution is -0.163. The SMILES string of the molecule is C[C@@H](O)C1C(=O)N2C(C(=O)O)=C(CN3CC[C@H](NC(=O)CNC(=N)N)C3)[C@H](C)C12. The van der Waals surface area contributed by atoms with Crippen LogP contribution in [0.4, 0.5) is 0 Å². The summed E-state index contributed by atoms with van der Waals surface area (Å²) in [6.45, 7) is 5.03. The highest BCUT2D eigenvalue weighted by Crippen LogP contribution is 2.47. The molecule has 2 saturated heterocycles. The first-order valence-electron chi connectivity index (χ1n) is 9.68. The monoisotopic (exact) mass is 408 g/mol. The first kappa shape index (κ1) is 21.1. The van der Waals surface area contributed by atoms with Gasteiger partial charge < -0.3 is 31.5 Å². The Labute approximate surface area is 168 Å². The average Bonchev–Trinajstić information content (AvgIpc) is 3.15. The number of carboxylic acids is 1. The van der Waals surface area contributed by atoms with Gasteiger partial charge in [-0.25, -0.2) is 4.79 Å². The summed E-state index contributed by atoms with van der Waals surface area (Å²) in [5, 5.41) is 32.0. The molecule has 2 fully saturated rings. The van der Waals surface area contributed by atoms with E-state index in [-0.39, 0.29) is 48.0 Å². The van der Waals surface area contributed by atoms with Gasteiger partial charge >= 0.3 is 5.97 Å². The summed E-state index contributed by atoms with van der Waals surface area (Å²) in [5.41, 5.74) is 5.88. The van der Waals surface area contributed by atoms with Crippen LogP contribution in [0.1, 0.15) is 20.3 Å². The summed E-state index contributed by atoms with van der Waals surface area (Å²) < 4.78 is 0. The zero-order valence-electron chi connectivity index (χ0n) is 16.5. The van der Waals surface area contributed by atoms with Gasteiger partial charge in [-0.15, -0.1) is 0 Å². The fraction of sp³-hybridized carbons (Fsp3) is 0.667. The smallest absolute Gasteiger partial charge is 0.352 e. The Kier molecular flexibility index (Phi) is 5.80. The number of carbonyl (C=O) groups is 3. The molecule has 160 valence electrons. The maximum atomic E-state index is 12.4. The Morgan fingerprint density at radius 3 is 2.69 bits per heavy atom. The summed E-state index contributed by atoms with van der Waals surface area (Å²) in [5.74, 6) is -2.74. The van der Waals surface area contributed by atoms with Crippen molar-refractivity contribution in [2.75, 3.05) is 26.2 Å². The summed E-state index contributed by atoms with van der Waals surface area (Å²) >= 11 is 0. The Hall–Kier alpha value is -2.66. The Bertz CT molecular complexity index is 766. The molecule has 2 unspecified atom stereocenters. The third kappa shape index (κ3) is 3.92. The molecule has 0 aliphatic carbocycles. The lowest BCUT2D eigenvalue weighted by Crippen LogP contribution is -2.63. The van der Waals surface area contributed by atoms with Crippen LogP contribution in [0.3, 0.4) is 0 Å². The van der Waals surface area contributed by atoms with Gasteiger partial charge in [-0.05, 0) is 18.9 Å². The number of rotatable bonds is 7. The van der Waals surface area contributed by atoms with Crippen molar-refractivity contribution in [2.45, 2.75) is 38.5 Å². The van der Waals surface area contributed by atoms with E-state index in [1.807, 2.05) is 6.92 Å². The summed E-state index contributed by atoms with van der Waals surface area (Å²) in [7, 11) is 0. The van der Waals surface area contributed by atoms with Crippen LogP contribution in [0.2, 0.25) is 0 Å². The second-order valence-electron chi connectivity index (χ2n) is 7.99. The highest BCUT2D eigenvalue weighted by molar-refractivity contribution is 6.00. The van der Waals surface area contributed by atoms with Gasteiger partial charge in [0.1, 0.15) is 5.70 Å². The van der Waals surface area contributed by atoms with Crippen molar-refractivity contribution in [2.24, 2.45) is 17.6 Å². The fourth-order valence-corrected chi connectivity index (χ4v) is 4.64. The number of guanidine groups is 1. The van der Waals surface area contributed by atoms with E-state index < -0.39 is 18.0 Å². The molecule has 5 atom stereocenters. The minimum absolute atomic E-state index is 0.0301. The van der Waals surface area contributed by atoms with Crippen LogP contribution in [0, 0.1) is 17.2 Å². The number of amides is 2. The molecule has 7 N–H and O–H groups in total. The first-order valence-corrected chi connectivity index (χ1v) is 9.68. The largest absolute Gasteiger partial charge is 0.477 e. The van der Waals surface area contributed by atoms with Crippen LogP contribution in [-0.2, 0) is 14.4 Å². The second-order valence-corrected chi connectivity index (χ2v) is 7.99. The number of nitrogens with two attached hydrogens (primary N) is 1. The summed E-state index contributed by atoms with van der Waals surface area (Å²) in [6, 6.07) is -0.398. The number of aliphatic carboxylic acids is 1. The van der Waals surface area contributed by atoms with Crippen LogP contribution < -0.4 is 16.4 Å². The Morgan fingerprint density at radius 1 is 1.41 bits per heavy atom. The number of hydrogen-bond donors (Lipinski definition) is 6. The normalized spacial score (nSPS) is 30.0. The first-order chi connectivity index (χ1) is 13.6. The number of β-lactam (4-membered cyclic amide) rings is 1. The van der Waals surface area contributed by atoms with E-state index in [9.17, 15) is 24.6 Å². The van der Waals surface area contributed by atoms with Crippen LogP contribution in [0.25, 0.3) is 0 Å². The minimum atomic E-state index is -1.13. The van der Waals surface area contributed by atoms with E-state index in [1.54, 1.807) is 6.92 Å². The van der Waals surface area contributed by atoms with Crippen molar-refractivity contribution in [3.8, 4) is 0 Å². The van der Waals surface area contributed by atoms with E-state index in [4.69, 9.17) is 11.1 Å². The lowest BCUT2D eigenvalue weighted by Gasteiger charge is -2.46. The van der Waals surface area contributed by atoms with Crippen molar-refractivity contribution >= 4 is 23.7 Å². The topological polar surface area (TPSA) is 172 Å². The highest BCUT2D eigenvalue weighted by atomic mass is 16.4. The number of aliphatic hydroxyl groups is 1. The van der Waals surface area contributed by atoms with Crippen LogP contribution in [-0.4, -0.2) is 88.1 Å². The third-order valence-corrected chi connectivity index (χ3v) is 5.99. The number of nitrogens with one attached hydrogen (secondary N) is 3. The van der Waals surface area contributed by atoms with E-state index in [2.05, 4.69) is 15.5 Å². The Morgan fingerprint density at radius 2 is 2.10 bits per heavy atom. The molecule has 11 heteroatoms. The van der Waals surface area contributed by atoms with Crippen molar-refractivity contribution in [1.29, 1.82) is 5.41 Å². The molecule has 0 aromatic carbocycles.